The van der Waals surface area contributed by atoms with Crippen LogP contribution in [-0.2, 0) is 4.57 Å². The van der Waals surface area contributed by atoms with Crippen LogP contribution in [0.2, 0.25) is 0 Å². The van der Waals surface area contributed by atoms with Crippen molar-refractivity contribution in [3.05, 3.63) is 59.8 Å². The van der Waals surface area contributed by atoms with Gasteiger partial charge >= 0.3 is 0 Å². The second kappa shape index (κ2) is 7.06. The van der Waals surface area contributed by atoms with Gasteiger partial charge < -0.3 is 4.52 Å². The Morgan fingerprint density at radius 3 is 2.54 bits per heavy atom. The first kappa shape index (κ1) is 16.5. The lowest BCUT2D eigenvalue weighted by molar-refractivity contribution is 0.484. The van der Waals surface area contributed by atoms with E-state index >= 15 is 0 Å². The minimum absolute atomic E-state index is 0.535. The molecule has 0 aliphatic rings. The van der Waals surface area contributed by atoms with Gasteiger partial charge in [-0.3, -0.25) is 9.66 Å². The van der Waals surface area contributed by atoms with Crippen LogP contribution in [0.15, 0.2) is 48.5 Å². The minimum Gasteiger partial charge on any atom is -0.443 e. The SMILES string of the molecule is CCP(=O)(CC)Oc1ccc2[nH]nc(/C=C/c3ccccc3)c2c1. The number of rotatable bonds is 6. The number of fused-ring (bicyclic) bond motifs is 1. The molecule has 0 aliphatic carbocycles. The lowest BCUT2D eigenvalue weighted by Gasteiger charge is -2.16. The molecular weight excluding hydrogens is 319 g/mol. The first-order valence-corrected chi connectivity index (χ1v) is 10.1. The summed E-state index contributed by atoms with van der Waals surface area (Å²) < 4.78 is 18.3. The number of nitrogens with zero attached hydrogens (tertiary/aromatic N) is 1. The summed E-state index contributed by atoms with van der Waals surface area (Å²) in [5.74, 6) is 0.630. The maximum Gasteiger partial charge on any atom is 0.247 e. The van der Waals surface area contributed by atoms with E-state index in [0.717, 1.165) is 22.2 Å². The van der Waals surface area contributed by atoms with Crippen molar-refractivity contribution >= 4 is 30.4 Å². The Bertz CT molecular complexity index is 892. The third kappa shape index (κ3) is 3.60. The van der Waals surface area contributed by atoms with Crippen molar-refractivity contribution in [1.29, 1.82) is 0 Å². The van der Waals surface area contributed by atoms with E-state index in [-0.39, 0.29) is 0 Å². The summed E-state index contributed by atoms with van der Waals surface area (Å²) in [5, 5.41) is 8.33. The molecular formula is C19H21N2O2P. The molecule has 0 bridgehead atoms. The molecule has 5 heteroatoms. The second-order valence-corrected chi connectivity index (χ2v) is 8.68. The van der Waals surface area contributed by atoms with E-state index in [1.54, 1.807) is 0 Å². The van der Waals surface area contributed by atoms with Gasteiger partial charge in [0.05, 0.1) is 11.2 Å². The summed E-state index contributed by atoms with van der Waals surface area (Å²) in [7, 11) is -2.59. The Kier molecular flexibility index (Phi) is 4.86. The topological polar surface area (TPSA) is 55.0 Å². The fourth-order valence-electron chi connectivity index (χ4n) is 2.48. The van der Waals surface area contributed by atoms with E-state index in [2.05, 4.69) is 10.2 Å². The van der Waals surface area contributed by atoms with Gasteiger partial charge in [-0.1, -0.05) is 50.3 Å². The van der Waals surface area contributed by atoms with Crippen molar-refractivity contribution in [2.24, 2.45) is 0 Å². The van der Waals surface area contributed by atoms with Gasteiger partial charge in [-0.25, -0.2) is 0 Å². The first-order valence-electron chi connectivity index (χ1n) is 8.12. The highest BCUT2D eigenvalue weighted by molar-refractivity contribution is 7.59. The Hall–Kier alpha value is -2.32. The molecule has 24 heavy (non-hydrogen) atoms. The van der Waals surface area contributed by atoms with Crippen LogP contribution in [0.3, 0.4) is 0 Å². The number of benzene rings is 2. The molecule has 1 aromatic heterocycles. The van der Waals surface area contributed by atoms with Crippen LogP contribution in [0.1, 0.15) is 25.1 Å². The predicted octanol–water partition coefficient (Wildman–Crippen LogP) is 5.43. The molecule has 0 spiro atoms. The third-order valence-electron chi connectivity index (χ3n) is 4.03. The lowest BCUT2D eigenvalue weighted by Crippen LogP contribution is -1.98. The van der Waals surface area contributed by atoms with Gasteiger partial charge in [0, 0.05) is 17.7 Å². The fourth-order valence-corrected chi connectivity index (χ4v) is 3.68. The van der Waals surface area contributed by atoms with Crippen molar-refractivity contribution in [1.82, 2.24) is 10.2 Å². The third-order valence-corrected chi connectivity index (χ3v) is 6.50. The second-order valence-electron chi connectivity index (χ2n) is 5.60. The summed E-state index contributed by atoms with van der Waals surface area (Å²) >= 11 is 0. The largest absolute Gasteiger partial charge is 0.443 e. The Morgan fingerprint density at radius 2 is 1.83 bits per heavy atom. The molecule has 0 aliphatic heterocycles. The smallest absolute Gasteiger partial charge is 0.247 e. The number of aromatic amines is 1. The van der Waals surface area contributed by atoms with E-state index in [9.17, 15) is 4.57 Å². The van der Waals surface area contributed by atoms with E-state index in [4.69, 9.17) is 4.52 Å². The highest BCUT2D eigenvalue weighted by atomic mass is 31.2. The first-order chi connectivity index (χ1) is 11.6. The maximum atomic E-state index is 12.5. The molecule has 3 rings (SSSR count). The Balaban J connectivity index is 1.92. The van der Waals surface area contributed by atoms with Crippen molar-refractivity contribution in [3.63, 3.8) is 0 Å². The van der Waals surface area contributed by atoms with Gasteiger partial charge in [0.1, 0.15) is 5.75 Å². The molecule has 0 atom stereocenters. The van der Waals surface area contributed by atoms with Gasteiger partial charge in [-0.2, -0.15) is 5.10 Å². The summed E-state index contributed by atoms with van der Waals surface area (Å²) in [4.78, 5) is 0. The fraction of sp³-hybridized carbons (Fsp3) is 0.211. The quantitative estimate of drug-likeness (QED) is 0.609. The van der Waals surface area contributed by atoms with Crippen molar-refractivity contribution in [3.8, 4) is 5.75 Å². The van der Waals surface area contributed by atoms with Crippen LogP contribution in [0.5, 0.6) is 5.75 Å². The number of nitrogens with one attached hydrogen (secondary N) is 1. The Labute approximate surface area is 142 Å². The van der Waals surface area contributed by atoms with E-state index in [1.165, 1.54) is 0 Å². The molecule has 0 saturated heterocycles. The zero-order valence-electron chi connectivity index (χ0n) is 13.9. The van der Waals surface area contributed by atoms with Crippen LogP contribution in [0.25, 0.3) is 23.1 Å². The van der Waals surface area contributed by atoms with Crippen LogP contribution < -0.4 is 4.52 Å². The molecule has 0 amide bonds. The molecule has 0 radical (unpaired) electrons. The van der Waals surface area contributed by atoms with Crippen molar-refractivity contribution in [2.45, 2.75) is 13.8 Å². The zero-order valence-corrected chi connectivity index (χ0v) is 14.8. The van der Waals surface area contributed by atoms with Crippen molar-refractivity contribution in [2.75, 3.05) is 12.3 Å². The molecule has 2 aromatic carbocycles. The average Bonchev–Trinajstić information content (AvgIpc) is 3.03. The predicted molar refractivity (Wildman–Crippen MR) is 101 cm³/mol. The number of hydrogen-bond donors (Lipinski definition) is 1. The van der Waals surface area contributed by atoms with Gasteiger partial charge in [-0.05, 0) is 29.8 Å². The number of aromatic nitrogens is 2. The summed E-state index contributed by atoms with van der Waals surface area (Å²) in [6.07, 6.45) is 5.06. The van der Waals surface area contributed by atoms with Gasteiger partial charge in [0.2, 0.25) is 7.37 Å². The zero-order chi connectivity index (χ0) is 17.0. The van der Waals surface area contributed by atoms with Crippen LogP contribution >= 0.6 is 7.37 Å². The summed E-state index contributed by atoms with van der Waals surface area (Å²) in [6, 6.07) is 15.7. The van der Waals surface area contributed by atoms with Gasteiger partial charge in [0.15, 0.2) is 0 Å². The summed E-state index contributed by atoms with van der Waals surface area (Å²) in [6.45, 7) is 3.80. The monoisotopic (exact) mass is 340 g/mol. The van der Waals surface area contributed by atoms with Crippen LogP contribution in [-0.4, -0.2) is 22.5 Å². The van der Waals surface area contributed by atoms with E-state index in [1.807, 2.05) is 74.5 Å². The van der Waals surface area contributed by atoms with Crippen LogP contribution in [0, 0.1) is 0 Å². The minimum atomic E-state index is -2.59. The molecule has 0 unspecified atom stereocenters. The average molecular weight is 340 g/mol. The molecule has 0 fully saturated rings. The highest BCUT2D eigenvalue weighted by Gasteiger charge is 2.19. The molecule has 0 saturated carbocycles. The molecule has 124 valence electrons. The normalized spacial score (nSPS) is 12.1. The number of H-pyrrole nitrogens is 1. The molecule has 4 nitrogen and oxygen atoms in total. The maximum absolute atomic E-state index is 12.5. The van der Waals surface area contributed by atoms with Crippen LogP contribution in [0.4, 0.5) is 0 Å². The van der Waals surface area contributed by atoms with E-state index in [0.29, 0.717) is 18.1 Å². The van der Waals surface area contributed by atoms with Gasteiger partial charge in [0.25, 0.3) is 0 Å². The standard InChI is InChI=1S/C19H21N2O2P/c1-3-24(22,4-2)23-16-11-13-19-17(14-16)18(20-21-19)12-10-15-8-6-5-7-9-15/h5-14H,3-4H2,1-2H3,(H,20,21)/b12-10+. The lowest BCUT2D eigenvalue weighted by atomic mass is 10.1. The summed E-state index contributed by atoms with van der Waals surface area (Å²) in [5.41, 5.74) is 2.88. The molecule has 3 aromatic rings. The van der Waals surface area contributed by atoms with Gasteiger partial charge in [-0.15, -0.1) is 0 Å². The molecule has 1 N–H and O–H groups in total. The highest BCUT2D eigenvalue weighted by Crippen LogP contribution is 2.46. The van der Waals surface area contributed by atoms with Crippen molar-refractivity contribution < 1.29 is 9.09 Å². The number of hydrogen-bond acceptors (Lipinski definition) is 3. The van der Waals surface area contributed by atoms with E-state index < -0.39 is 7.37 Å². The molecule has 1 heterocycles. The Morgan fingerprint density at radius 1 is 1.08 bits per heavy atom.